The summed E-state index contributed by atoms with van der Waals surface area (Å²) in [5, 5.41) is 0. The highest BCUT2D eigenvalue weighted by Gasteiger charge is 1.99. The first-order chi connectivity index (χ1) is 6.84. The molecule has 0 aliphatic rings. The maximum absolute atomic E-state index is 13.0. The maximum atomic E-state index is 13.0. The van der Waals surface area contributed by atoms with Crippen molar-refractivity contribution in [2.24, 2.45) is 5.73 Å². The smallest absolute Gasteiger partial charge is 0.165 e. The van der Waals surface area contributed by atoms with Gasteiger partial charge in [0, 0.05) is 0 Å². The topological polar surface area (TPSA) is 35.2 Å². The molecule has 0 aliphatic heterocycles. The molecule has 0 atom stereocenters. The molecular weight excluding hydrogens is 181 g/mol. The van der Waals surface area contributed by atoms with E-state index in [0.717, 1.165) is 19.3 Å². The molecule has 1 aromatic rings. The molecule has 0 bridgehead atoms. The first-order valence-corrected chi connectivity index (χ1v) is 4.92. The fourth-order valence-corrected chi connectivity index (χ4v) is 1.17. The number of rotatable bonds is 6. The molecule has 1 rings (SSSR count). The molecule has 0 fully saturated rings. The van der Waals surface area contributed by atoms with Gasteiger partial charge >= 0.3 is 0 Å². The van der Waals surface area contributed by atoms with E-state index in [9.17, 15) is 4.39 Å². The van der Waals surface area contributed by atoms with Crippen molar-refractivity contribution < 1.29 is 9.13 Å². The molecule has 0 saturated heterocycles. The maximum Gasteiger partial charge on any atom is 0.165 e. The molecule has 0 aliphatic carbocycles. The zero-order valence-electron chi connectivity index (χ0n) is 8.21. The van der Waals surface area contributed by atoms with E-state index in [2.05, 4.69) is 0 Å². The molecule has 0 spiro atoms. The van der Waals surface area contributed by atoms with Gasteiger partial charge in [0.05, 0.1) is 6.61 Å². The van der Waals surface area contributed by atoms with Crippen LogP contribution in [0.25, 0.3) is 0 Å². The Kier molecular flexibility index (Phi) is 5.00. The summed E-state index contributed by atoms with van der Waals surface area (Å²) in [6, 6.07) is 6.45. The van der Waals surface area contributed by atoms with Crippen LogP contribution in [0.15, 0.2) is 24.3 Å². The van der Waals surface area contributed by atoms with Crippen LogP contribution in [0.2, 0.25) is 0 Å². The highest BCUT2D eigenvalue weighted by molar-refractivity contribution is 5.23. The Balaban J connectivity index is 2.21. The summed E-state index contributed by atoms with van der Waals surface area (Å²) in [6.07, 6.45) is 2.96. The van der Waals surface area contributed by atoms with Crippen molar-refractivity contribution in [3.63, 3.8) is 0 Å². The largest absolute Gasteiger partial charge is 0.491 e. The molecule has 1 aromatic carbocycles. The van der Waals surface area contributed by atoms with Gasteiger partial charge in [-0.05, 0) is 37.9 Å². The quantitative estimate of drug-likeness (QED) is 0.710. The number of hydrogen-bond donors (Lipinski definition) is 1. The first kappa shape index (κ1) is 11.0. The van der Waals surface area contributed by atoms with Crippen molar-refractivity contribution in [3.05, 3.63) is 30.1 Å². The van der Waals surface area contributed by atoms with Crippen LogP contribution in [0.1, 0.15) is 19.3 Å². The van der Waals surface area contributed by atoms with Crippen LogP contribution >= 0.6 is 0 Å². The Bertz CT molecular complexity index is 265. The van der Waals surface area contributed by atoms with Gasteiger partial charge in [0.2, 0.25) is 0 Å². The van der Waals surface area contributed by atoms with Gasteiger partial charge < -0.3 is 10.5 Å². The molecular formula is C11H16FNO. The lowest BCUT2D eigenvalue weighted by Gasteiger charge is -2.06. The zero-order chi connectivity index (χ0) is 10.2. The fourth-order valence-electron chi connectivity index (χ4n) is 1.17. The number of ether oxygens (including phenoxy) is 1. The summed E-state index contributed by atoms with van der Waals surface area (Å²) in [7, 11) is 0. The van der Waals surface area contributed by atoms with Crippen LogP contribution in [0.4, 0.5) is 4.39 Å². The Hall–Kier alpha value is -1.09. The van der Waals surface area contributed by atoms with Crippen LogP contribution in [0, 0.1) is 5.82 Å². The summed E-state index contributed by atoms with van der Waals surface area (Å²) in [5.74, 6) is 0.0339. The molecule has 2 nitrogen and oxygen atoms in total. The molecule has 0 unspecified atom stereocenters. The van der Waals surface area contributed by atoms with E-state index in [0.29, 0.717) is 18.9 Å². The Morgan fingerprint density at radius 1 is 1.14 bits per heavy atom. The number of hydrogen-bond acceptors (Lipinski definition) is 2. The number of halogens is 1. The molecule has 0 saturated carbocycles. The summed E-state index contributed by atoms with van der Waals surface area (Å²) in [4.78, 5) is 0. The number of para-hydroxylation sites is 1. The van der Waals surface area contributed by atoms with E-state index in [-0.39, 0.29) is 5.82 Å². The summed E-state index contributed by atoms with van der Waals surface area (Å²) in [6.45, 7) is 1.26. The lowest BCUT2D eigenvalue weighted by molar-refractivity contribution is 0.291. The molecule has 2 N–H and O–H groups in total. The molecule has 0 amide bonds. The third-order valence-electron chi connectivity index (χ3n) is 1.94. The summed E-state index contributed by atoms with van der Waals surface area (Å²) >= 11 is 0. The molecule has 14 heavy (non-hydrogen) atoms. The minimum atomic E-state index is -0.300. The predicted molar refractivity (Wildman–Crippen MR) is 54.8 cm³/mol. The number of nitrogens with two attached hydrogens (primary N) is 1. The second-order valence-electron chi connectivity index (χ2n) is 3.13. The van der Waals surface area contributed by atoms with Crippen LogP contribution < -0.4 is 10.5 Å². The van der Waals surface area contributed by atoms with E-state index in [4.69, 9.17) is 10.5 Å². The average Bonchev–Trinajstić information content (AvgIpc) is 2.20. The van der Waals surface area contributed by atoms with Gasteiger partial charge in [-0.1, -0.05) is 12.1 Å². The monoisotopic (exact) mass is 197 g/mol. The van der Waals surface area contributed by atoms with E-state index in [1.165, 1.54) is 6.07 Å². The third kappa shape index (κ3) is 3.75. The van der Waals surface area contributed by atoms with E-state index in [1.807, 2.05) is 0 Å². The van der Waals surface area contributed by atoms with Crippen molar-refractivity contribution in [2.75, 3.05) is 13.2 Å². The van der Waals surface area contributed by atoms with Gasteiger partial charge in [0.1, 0.15) is 0 Å². The Labute approximate surface area is 83.9 Å². The van der Waals surface area contributed by atoms with Gasteiger partial charge in [-0.2, -0.15) is 0 Å². The second-order valence-corrected chi connectivity index (χ2v) is 3.13. The highest BCUT2D eigenvalue weighted by atomic mass is 19.1. The molecule has 78 valence electrons. The van der Waals surface area contributed by atoms with Gasteiger partial charge in [-0.3, -0.25) is 0 Å². The fraction of sp³-hybridized carbons (Fsp3) is 0.455. The SMILES string of the molecule is NCCCCCOc1ccccc1F. The predicted octanol–water partition coefficient (Wildman–Crippen LogP) is 2.33. The van der Waals surface area contributed by atoms with E-state index in [1.54, 1.807) is 18.2 Å². The first-order valence-electron chi connectivity index (χ1n) is 4.92. The lowest BCUT2D eigenvalue weighted by Crippen LogP contribution is -2.02. The third-order valence-corrected chi connectivity index (χ3v) is 1.94. The van der Waals surface area contributed by atoms with Gasteiger partial charge in [0.25, 0.3) is 0 Å². The minimum Gasteiger partial charge on any atom is -0.491 e. The van der Waals surface area contributed by atoms with Crippen LogP contribution in [-0.4, -0.2) is 13.2 Å². The van der Waals surface area contributed by atoms with Gasteiger partial charge in [0.15, 0.2) is 11.6 Å². The molecule has 3 heteroatoms. The van der Waals surface area contributed by atoms with Gasteiger partial charge in [-0.15, -0.1) is 0 Å². The average molecular weight is 197 g/mol. The number of benzene rings is 1. The van der Waals surface area contributed by atoms with Crippen LogP contribution in [0.3, 0.4) is 0 Å². The molecule has 0 radical (unpaired) electrons. The second kappa shape index (κ2) is 6.38. The van der Waals surface area contributed by atoms with Gasteiger partial charge in [-0.25, -0.2) is 4.39 Å². The molecule has 0 heterocycles. The van der Waals surface area contributed by atoms with Crippen molar-refractivity contribution in [1.29, 1.82) is 0 Å². The standard InChI is InChI=1S/C11H16FNO/c12-10-6-2-3-7-11(10)14-9-5-1-4-8-13/h2-3,6-7H,1,4-5,8-9,13H2. The van der Waals surface area contributed by atoms with Crippen molar-refractivity contribution >= 4 is 0 Å². The van der Waals surface area contributed by atoms with E-state index >= 15 is 0 Å². The molecule has 0 aromatic heterocycles. The van der Waals surface area contributed by atoms with Crippen LogP contribution in [0.5, 0.6) is 5.75 Å². The Morgan fingerprint density at radius 2 is 1.93 bits per heavy atom. The van der Waals surface area contributed by atoms with E-state index < -0.39 is 0 Å². The highest BCUT2D eigenvalue weighted by Crippen LogP contribution is 2.15. The van der Waals surface area contributed by atoms with Crippen LogP contribution in [-0.2, 0) is 0 Å². The normalized spacial score (nSPS) is 10.1. The van der Waals surface area contributed by atoms with Crippen molar-refractivity contribution in [2.45, 2.75) is 19.3 Å². The van der Waals surface area contributed by atoms with Crippen molar-refractivity contribution in [1.82, 2.24) is 0 Å². The Morgan fingerprint density at radius 3 is 2.64 bits per heavy atom. The summed E-state index contributed by atoms with van der Waals surface area (Å²) in [5.41, 5.74) is 5.35. The zero-order valence-corrected chi connectivity index (χ0v) is 8.21. The number of unbranched alkanes of at least 4 members (excludes halogenated alkanes) is 2. The lowest BCUT2D eigenvalue weighted by atomic mass is 10.2. The van der Waals surface area contributed by atoms with Crippen molar-refractivity contribution in [3.8, 4) is 5.75 Å². The minimum absolute atomic E-state index is 0.300. The summed E-state index contributed by atoms with van der Waals surface area (Å²) < 4.78 is 18.3.